The van der Waals surface area contributed by atoms with Gasteiger partial charge in [-0.25, -0.2) is 4.39 Å². The highest BCUT2D eigenvalue weighted by molar-refractivity contribution is 7.99. The number of benzene rings is 2. The van der Waals surface area contributed by atoms with Gasteiger partial charge in [0.25, 0.3) is 0 Å². The number of hydrogen-bond donors (Lipinski definition) is 0. The lowest BCUT2D eigenvalue weighted by atomic mass is 10.1. The Morgan fingerprint density at radius 2 is 1.95 bits per heavy atom. The van der Waals surface area contributed by atoms with E-state index in [1.807, 2.05) is 30.3 Å². The molecule has 20 heavy (non-hydrogen) atoms. The number of Topliss-reactive ketones (excluding diaryl/α,β-unsaturated/α-hetero) is 1. The summed E-state index contributed by atoms with van der Waals surface area (Å²) in [6.07, 6.45) is 0. The second kappa shape index (κ2) is 7.10. The highest BCUT2D eigenvalue weighted by Crippen LogP contribution is 2.22. The van der Waals surface area contributed by atoms with Crippen LogP contribution in [0.3, 0.4) is 0 Å². The normalized spacial score (nSPS) is 10.3. The van der Waals surface area contributed by atoms with E-state index >= 15 is 0 Å². The fourth-order valence-corrected chi connectivity index (χ4v) is 2.68. The van der Waals surface area contributed by atoms with Crippen molar-refractivity contribution in [2.75, 3.05) is 12.9 Å². The Morgan fingerprint density at radius 1 is 1.20 bits per heavy atom. The first kappa shape index (κ1) is 14.6. The first-order chi connectivity index (χ1) is 9.70. The number of hydrogen-bond acceptors (Lipinski definition) is 3. The van der Waals surface area contributed by atoms with Gasteiger partial charge >= 0.3 is 0 Å². The van der Waals surface area contributed by atoms with Gasteiger partial charge in [0.2, 0.25) is 0 Å². The maximum atomic E-state index is 13.2. The smallest absolute Gasteiger partial charge is 0.176 e. The predicted octanol–water partition coefficient (Wildman–Crippen LogP) is 3.95. The minimum atomic E-state index is -0.429. The molecule has 2 nitrogen and oxygen atoms in total. The maximum Gasteiger partial charge on any atom is 0.176 e. The molecular weight excluding hydrogens is 275 g/mol. The van der Waals surface area contributed by atoms with E-state index in [2.05, 4.69) is 0 Å². The van der Waals surface area contributed by atoms with E-state index in [1.165, 1.54) is 37.1 Å². The van der Waals surface area contributed by atoms with E-state index in [4.69, 9.17) is 4.74 Å². The summed E-state index contributed by atoms with van der Waals surface area (Å²) in [4.78, 5) is 12.1. The zero-order valence-corrected chi connectivity index (χ0v) is 12.0. The minimum absolute atomic E-state index is 0.123. The number of halogens is 1. The molecule has 0 spiro atoms. The molecule has 0 N–H and O–H groups in total. The number of ketones is 1. The van der Waals surface area contributed by atoms with Crippen LogP contribution in [0.5, 0.6) is 5.75 Å². The van der Waals surface area contributed by atoms with E-state index in [1.54, 1.807) is 0 Å². The summed E-state index contributed by atoms with van der Waals surface area (Å²) >= 11 is 1.51. The second-order valence-corrected chi connectivity index (χ2v) is 5.23. The molecule has 0 amide bonds. The number of rotatable bonds is 6. The molecule has 0 bridgehead atoms. The van der Waals surface area contributed by atoms with Crippen molar-refractivity contribution in [2.45, 2.75) is 5.75 Å². The average Bonchev–Trinajstić information content (AvgIpc) is 2.48. The zero-order chi connectivity index (χ0) is 14.4. The van der Waals surface area contributed by atoms with Crippen molar-refractivity contribution in [3.63, 3.8) is 0 Å². The van der Waals surface area contributed by atoms with E-state index in [0.29, 0.717) is 17.1 Å². The fraction of sp³-hybridized carbons (Fsp3) is 0.188. The number of carbonyl (C=O) groups excluding carboxylic acids is 1. The van der Waals surface area contributed by atoms with Crippen LogP contribution >= 0.6 is 11.8 Å². The zero-order valence-electron chi connectivity index (χ0n) is 11.1. The first-order valence-corrected chi connectivity index (χ1v) is 7.34. The van der Waals surface area contributed by atoms with Gasteiger partial charge in [-0.15, -0.1) is 11.8 Å². The van der Waals surface area contributed by atoms with Gasteiger partial charge in [0.15, 0.2) is 5.78 Å². The largest absolute Gasteiger partial charge is 0.496 e. The summed E-state index contributed by atoms with van der Waals surface area (Å²) in [7, 11) is 1.47. The minimum Gasteiger partial charge on any atom is -0.496 e. The Balaban J connectivity index is 1.97. The lowest BCUT2D eigenvalue weighted by molar-refractivity contribution is 0.101. The quantitative estimate of drug-likeness (QED) is 0.754. The van der Waals surface area contributed by atoms with Gasteiger partial charge in [-0.05, 0) is 23.8 Å². The highest BCUT2D eigenvalue weighted by Gasteiger charge is 2.13. The van der Waals surface area contributed by atoms with Crippen molar-refractivity contribution in [1.82, 2.24) is 0 Å². The van der Waals surface area contributed by atoms with Crippen LogP contribution in [-0.2, 0) is 5.75 Å². The Hall–Kier alpha value is -1.81. The number of carbonyl (C=O) groups is 1. The second-order valence-electron chi connectivity index (χ2n) is 4.25. The molecule has 0 aliphatic heterocycles. The third kappa shape index (κ3) is 3.84. The fourth-order valence-electron chi connectivity index (χ4n) is 1.81. The third-order valence-corrected chi connectivity index (χ3v) is 3.81. The molecule has 0 fully saturated rings. The molecule has 0 aliphatic carbocycles. The predicted molar refractivity (Wildman–Crippen MR) is 79.9 cm³/mol. The van der Waals surface area contributed by atoms with Gasteiger partial charge in [-0.3, -0.25) is 4.79 Å². The molecule has 0 unspecified atom stereocenters. The lowest BCUT2D eigenvalue weighted by Gasteiger charge is -2.07. The monoisotopic (exact) mass is 290 g/mol. The van der Waals surface area contributed by atoms with Gasteiger partial charge in [0, 0.05) is 5.75 Å². The maximum absolute atomic E-state index is 13.2. The van der Waals surface area contributed by atoms with Gasteiger partial charge in [-0.1, -0.05) is 30.3 Å². The molecule has 0 aliphatic rings. The summed E-state index contributed by atoms with van der Waals surface area (Å²) in [5.41, 5.74) is 1.46. The molecule has 0 atom stereocenters. The van der Waals surface area contributed by atoms with Crippen molar-refractivity contribution < 1.29 is 13.9 Å². The standard InChI is InChI=1S/C16H15FO2S/c1-19-16-8-7-13(17)9-14(16)15(18)11-20-10-12-5-3-2-4-6-12/h2-9H,10-11H2,1H3. The number of methoxy groups -OCH3 is 1. The molecule has 0 heterocycles. The average molecular weight is 290 g/mol. The molecule has 0 radical (unpaired) electrons. The highest BCUT2D eigenvalue weighted by atomic mass is 32.2. The van der Waals surface area contributed by atoms with Crippen molar-refractivity contribution in [3.8, 4) is 5.75 Å². The Morgan fingerprint density at radius 3 is 2.65 bits per heavy atom. The van der Waals surface area contributed by atoms with E-state index in [9.17, 15) is 9.18 Å². The van der Waals surface area contributed by atoms with E-state index < -0.39 is 5.82 Å². The lowest BCUT2D eigenvalue weighted by Crippen LogP contribution is -2.06. The van der Waals surface area contributed by atoms with Crippen LogP contribution < -0.4 is 4.74 Å². The summed E-state index contributed by atoms with van der Waals surface area (Å²) in [6, 6.07) is 13.9. The molecule has 4 heteroatoms. The van der Waals surface area contributed by atoms with Crippen LogP contribution in [0.4, 0.5) is 4.39 Å². The van der Waals surface area contributed by atoms with Crippen LogP contribution in [0, 0.1) is 5.82 Å². The van der Waals surface area contributed by atoms with E-state index in [0.717, 1.165) is 11.3 Å². The van der Waals surface area contributed by atoms with Crippen LogP contribution in [0.1, 0.15) is 15.9 Å². The van der Waals surface area contributed by atoms with Crippen molar-refractivity contribution >= 4 is 17.5 Å². The van der Waals surface area contributed by atoms with Crippen LogP contribution in [0.2, 0.25) is 0 Å². The van der Waals surface area contributed by atoms with Gasteiger partial charge < -0.3 is 4.74 Å². The van der Waals surface area contributed by atoms with Crippen LogP contribution in [0.25, 0.3) is 0 Å². The molecule has 2 rings (SSSR count). The number of thioether (sulfide) groups is 1. The van der Waals surface area contributed by atoms with E-state index in [-0.39, 0.29) is 5.78 Å². The summed E-state index contributed by atoms with van der Waals surface area (Å²) < 4.78 is 18.3. The SMILES string of the molecule is COc1ccc(F)cc1C(=O)CSCc1ccccc1. The van der Waals surface area contributed by atoms with Crippen molar-refractivity contribution in [3.05, 3.63) is 65.5 Å². The van der Waals surface area contributed by atoms with Crippen molar-refractivity contribution in [2.24, 2.45) is 0 Å². The van der Waals surface area contributed by atoms with Crippen molar-refractivity contribution in [1.29, 1.82) is 0 Å². The number of ether oxygens (including phenoxy) is 1. The molecule has 2 aromatic carbocycles. The van der Waals surface area contributed by atoms with Gasteiger partial charge in [-0.2, -0.15) is 0 Å². The van der Waals surface area contributed by atoms with Crippen LogP contribution in [-0.4, -0.2) is 18.6 Å². The summed E-state index contributed by atoms with van der Waals surface area (Å²) in [6.45, 7) is 0. The molecular formula is C16H15FO2S. The Kier molecular flexibility index (Phi) is 5.18. The summed E-state index contributed by atoms with van der Waals surface area (Å²) in [5.74, 6) is 0.917. The molecule has 2 aromatic rings. The first-order valence-electron chi connectivity index (χ1n) is 6.19. The van der Waals surface area contributed by atoms with Gasteiger partial charge in [0.05, 0.1) is 18.4 Å². The van der Waals surface area contributed by atoms with Crippen LogP contribution in [0.15, 0.2) is 48.5 Å². The summed E-state index contributed by atoms with van der Waals surface area (Å²) in [5, 5.41) is 0. The Labute approximate surface area is 122 Å². The Bertz CT molecular complexity index is 584. The van der Waals surface area contributed by atoms with Gasteiger partial charge in [0.1, 0.15) is 11.6 Å². The third-order valence-electron chi connectivity index (χ3n) is 2.81. The molecule has 0 aromatic heterocycles. The topological polar surface area (TPSA) is 26.3 Å². The molecule has 0 saturated carbocycles. The molecule has 104 valence electrons. The molecule has 0 saturated heterocycles.